The Balaban J connectivity index is 1.72. The van der Waals surface area contributed by atoms with E-state index in [-0.39, 0.29) is 6.10 Å². The Morgan fingerprint density at radius 1 is 1.30 bits per heavy atom. The molecule has 0 saturated carbocycles. The summed E-state index contributed by atoms with van der Waals surface area (Å²) in [7, 11) is 0. The van der Waals surface area contributed by atoms with E-state index in [1.165, 1.54) is 11.8 Å². The number of pyridine rings is 1. The minimum absolute atomic E-state index is 0.206. The molecule has 2 aromatic rings. The lowest BCUT2D eigenvalue weighted by Crippen LogP contribution is -2.39. The number of nitrogens with zero attached hydrogens (tertiary/aromatic N) is 2. The molecule has 1 aromatic heterocycles. The zero-order valence-corrected chi connectivity index (χ0v) is 12.0. The zero-order chi connectivity index (χ0) is 13.9. The topological polar surface area (TPSA) is 36.4 Å². The van der Waals surface area contributed by atoms with Crippen LogP contribution in [-0.4, -0.2) is 34.2 Å². The summed E-state index contributed by atoms with van der Waals surface area (Å²) in [5, 5.41) is 11.0. The summed E-state index contributed by atoms with van der Waals surface area (Å²) in [4.78, 5) is 7.15. The third kappa shape index (κ3) is 3.00. The Labute approximate surface area is 120 Å². The summed E-state index contributed by atoms with van der Waals surface area (Å²) in [6.07, 6.45) is 2.10. The van der Waals surface area contributed by atoms with Crippen molar-refractivity contribution in [2.75, 3.05) is 13.1 Å². The van der Waals surface area contributed by atoms with Gasteiger partial charge in [-0.3, -0.25) is 9.88 Å². The highest BCUT2D eigenvalue weighted by Gasteiger charge is 2.23. The van der Waals surface area contributed by atoms with Gasteiger partial charge in [-0.2, -0.15) is 0 Å². The maximum absolute atomic E-state index is 9.76. The molecule has 0 aliphatic carbocycles. The molecule has 20 heavy (non-hydrogen) atoms. The summed E-state index contributed by atoms with van der Waals surface area (Å²) >= 11 is 0. The molecular formula is C17H22N2O. The number of aliphatic hydroxyl groups is 1. The van der Waals surface area contributed by atoms with E-state index in [0.717, 1.165) is 37.3 Å². The van der Waals surface area contributed by atoms with Crippen LogP contribution in [0.25, 0.3) is 10.9 Å². The highest BCUT2D eigenvalue weighted by molar-refractivity contribution is 5.78. The van der Waals surface area contributed by atoms with Gasteiger partial charge in [0.05, 0.1) is 17.3 Å². The van der Waals surface area contributed by atoms with Crippen molar-refractivity contribution in [2.45, 2.75) is 32.4 Å². The van der Waals surface area contributed by atoms with Gasteiger partial charge in [0.1, 0.15) is 0 Å². The van der Waals surface area contributed by atoms with Gasteiger partial charge in [-0.15, -0.1) is 0 Å². The van der Waals surface area contributed by atoms with E-state index >= 15 is 0 Å². The van der Waals surface area contributed by atoms with Gasteiger partial charge >= 0.3 is 0 Å². The van der Waals surface area contributed by atoms with Crippen LogP contribution in [0, 0.1) is 5.92 Å². The lowest BCUT2D eigenvalue weighted by molar-refractivity contribution is 0.0594. The van der Waals surface area contributed by atoms with Gasteiger partial charge in [-0.25, -0.2) is 0 Å². The van der Waals surface area contributed by atoms with Gasteiger partial charge < -0.3 is 5.11 Å². The van der Waals surface area contributed by atoms with Gasteiger partial charge in [0, 0.05) is 18.5 Å². The molecule has 1 fully saturated rings. The Morgan fingerprint density at radius 3 is 3.00 bits per heavy atom. The fourth-order valence-electron chi connectivity index (χ4n) is 3.05. The van der Waals surface area contributed by atoms with E-state index in [4.69, 9.17) is 4.98 Å². The highest BCUT2D eigenvalue weighted by Crippen LogP contribution is 2.21. The number of likely N-dealkylation sites (tertiary alicyclic amines) is 1. The number of hydrogen-bond donors (Lipinski definition) is 1. The Morgan fingerprint density at radius 2 is 2.15 bits per heavy atom. The zero-order valence-electron chi connectivity index (χ0n) is 12.0. The molecule has 3 heteroatoms. The molecule has 1 saturated heterocycles. The largest absolute Gasteiger partial charge is 0.393 e. The Bertz CT molecular complexity index is 582. The lowest BCUT2D eigenvalue weighted by atomic mass is 9.93. The van der Waals surface area contributed by atoms with Gasteiger partial charge in [0.25, 0.3) is 0 Å². The average Bonchev–Trinajstić information content (AvgIpc) is 2.47. The first kappa shape index (κ1) is 13.5. The number of aliphatic hydroxyl groups excluding tert-OH is 1. The lowest BCUT2D eigenvalue weighted by Gasteiger charge is -2.33. The van der Waals surface area contributed by atoms with Gasteiger partial charge in [-0.1, -0.05) is 24.3 Å². The smallest absolute Gasteiger partial charge is 0.0705 e. The van der Waals surface area contributed by atoms with Crippen LogP contribution in [0.3, 0.4) is 0 Å². The van der Waals surface area contributed by atoms with Crippen LogP contribution in [0.1, 0.15) is 25.5 Å². The minimum Gasteiger partial charge on any atom is -0.393 e. The third-order valence-electron chi connectivity index (χ3n) is 4.27. The van der Waals surface area contributed by atoms with Crippen molar-refractivity contribution >= 4 is 10.9 Å². The van der Waals surface area contributed by atoms with Crippen LogP contribution in [0.2, 0.25) is 0 Å². The number of rotatable bonds is 3. The Hall–Kier alpha value is -1.45. The van der Waals surface area contributed by atoms with Crippen LogP contribution in [-0.2, 0) is 6.54 Å². The number of hydrogen-bond acceptors (Lipinski definition) is 3. The summed E-state index contributed by atoms with van der Waals surface area (Å²) in [6, 6.07) is 12.5. The molecule has 3 nitrogen and oxygen atoms in total. The average molecular weight is 270 g/mol. The quantitative estimate of drug-likeness (QED) is 0.931. The van der Waals surface area contributed by atoms with E-state index < -0.39 is 0 Å². The first-order valence-electron chi connectivity index (χ1n) is 7.47. The SMILES string of the molecule is CC(O)C1CCCN(Cc2ccc3ccccc3n2)C1. The van der Waals surface area contributed by atoms with E-state index in [2.05, 4.69) is 29.2 Å². The van der Waals surface area contributed by atoms with Gasteiger partial charge in [0.15, 0.2) is 0 Å². The molecule has 2 heterocycles. The second kappa shape index (κ2) is 5.90. The normalized spacial score (nSPS) is 22.0. The molecule has 2 unspecified atom stereocenters. The van der Waals surface area contributed by atoms with Crippen molar-refractivity contribution in [3.8, 4) is 0 Å². The summed E-state index contributed by atoms with van der Waals surface area (Å²) in [5.74, 6) is 0.407. The predicted molar refractivity (Wildman–Crippen MR) is 81.4 cm³/mol. The molecule has 1 N–H and O–H groups in total. The summed E-state index contributed by atoms with van der Waals surface area (Å²) in [5.41, 5.74) is 2.18. The maximum Gasteiger partial charge on any atom is 0.0705 e. The molecule has 0 amide bonds. The van der Waals surface area contributed by atoms with Crippen molar-refractivity contribution < 1.29 is 5.11 Å². The summed E-state index contributed by atoms with van der Waals surface area (Å²) < 4.78 is 0. The molecule has 0 radical (unpaired) electrons. The standard InChI is InChI=1S/C17H22N2O/c1-13(20)15-6-4-10-19(11-15)12-16-9-8-14-5-2-3-7-17(14)18-16/h2-3,5,7-9,13,15,20H,4,6,10-12H2,1H3. The molecular weight excluding hydrogens is 248 g/mol. The number of piperidine rings is 1. The fourth-order valence-corrected chi connectivity index (χ4v) is 3.05. The van der Waals surface area contributed by atoms with Crippen LogP contribution in [0.4, 0.5) is 0 Å². The number of para-hydroxylation sites is 1. The van der Waals surface area contributed by atoms with E-state index in [1.807, 2.05) is 19.1 Å². The van der Waals surface area contributed by atoms with Crippen LogP contribution >= 0.6 is 0 Å². The van der Waals surface area contributed by atoms with Crippen LogP contribution < -0.4 is 0 Å². The highest BCUT2D eigenvalue weighted by atomic mass is 16.3. The van der Waals surface area contributed by atoms with Crippen molar-refractivity contribution in [1.29, 1.82) is 0 Å². The van der Waals surface area contributed by atoms with E-state index in [9.17, 15) is 5.11 Å². The van der Waals surface area contributed by atoms with Crippen molar-refractivity contribution in [2.24, 2.45) is 5.92 Å². The monoisotopic (exact) mass is 270 g/mol. The second-order valence-electron chi connectivity index (χ2n) is 5.87. The fraction of sp³-hybridized carbons (Fsp3) is 0.471. The second-order valence-corrected chi connectivity index (χ2v) is 5.87. The molecule has 0 bridgehead atoms. The van der Waals surface area contributed by atoms with Crippen LogP contribution in [0.15, 0.2) is 36.4 Å². The molecule has 106 valence electrons. The molecule has 3 rings (SSSR count). The van der Waals surface area contributed by atoms with E-state index in [0.29, 0.717) is 5.92 Å². The van der Waals surface area contributed by atoms with Crippen molar-refractivity contribution in [3.63, 3.8) is 0 Å². The molecule has 1 aliphatic heterocycles. The van der Waals surface area contributed by atoms with Crippen molar-refractivity contribution in [1.82, 2.24) is 9.88 Å². The molecule has 0 spiro atoms. The molecule has 1 aromatic carbocycles. The Kier molecular flexibility index (Phi) is 3.99. The molecule has 2 atom stereocenters. The first-order chi connectivity index (χ1) is 9.72. The van der Waals surface area contributed by atoms with Crippen molar-refractivity contribution in [3.05, 3.63) is 42.1 Å². The van der Waals surface area contributed by atoms with Gasteiger partial charge in [-0.05, 0) is 44.4 Å². The van der Waals surface area contributed by atoms with Crippen LogP contribution in [0.5, 0.6) is 0 Å². The summed E-state index contributed by atoms with van der Waals surface area (Å²) in [6.45, 7) is 4.88. The maximum atomic E-state index is 9.76. The third-order valence-corrected chi connectivity index (χ3v) is 4.27. The van der Waals surface area contributed by atoms with E-state index in [1.54, 1.807) is 0 Å². The number of aromatic nitrogens is 1. The van der Waals surface area contributed by atoms with Gasteiger partial charge in [0.2, 0.25) is 0 Å². The number of fused-ring (bicyclic) bond motifs is 1. The predicted octanol–water partition coefficient (Wildman–Crippen LogP) is 2.83. The molecule has 1 aliphatic rings. The first-order valence-corrected chi connectivity index (χ1v) is 7.47. The number of benzene rings is 1. The minimum atomic E-state index is -0.206.